The van der Waals surface area contributed by atoms with Gasteiger partial charge in [0.1, 0.15) is 10.8 Å². The molecule has 0 spiro atoms. The van der Waals surface area contributed by atoms with Crippen LogP contribution in [0.15, 0.2) is 29.6 Å². The highest BCUT2D eigenvalue weighted by atomic mass is 32.1. The SMILES string of the molecule is COCCN1C(=O)C[C@@](CC(=O)N(C)[C@@H](C)c2nc(C)cs2)(c2ccccc2OC)C1=O. The maximum Gasteiger partial charge on any atom is 0.241 e. The van der Waals surface area contributed by atoms with Crippen LogP contribution in [0.4, 0.5) is 0 Å². The predicted molar refractivity (Wildman–Crippen MR) is 121 cm³/mol. The van der Waals surface area contributed by atoms with Gasteiger partial charge in [-0.05, 0) is 19.9 Å². The molecule has 32 heavy (non-hydrogen) atoms. The molecule has 2 heterocycles. The van der Waals surface area contributed by atoms with E-state index in [0.29, 0.717) is 11.3 Å². The molecule has 1 aromatic heterocycles. The van der Waals surface area contributed by atoms with E-state index in [4.69, 9.17) is 9.47 Å². The number of nitrogens with zero attached hydrogens (tertiary/aromatic N) is 3. The average molecular weight is 460 g/mol. The first-order valence-electron chi connectivity index (χ1n) is 10.4. The molecule has 9 heteroatoms. The fourth-order valence-electron chi connectivity index (χ4n) is 4.02. The molecule has 3 rings (SSSR count). The second-order valence-corrected chi connectivity index (χ2v) is 8.88. The van der Waals surface area contributed by atoms with Crippen molar-refractivity contribution in [2.75, 3.05) is 34.4 Å². The second-order valence-electron chi connectivity index (χ2n) is 7.99. The number of para-hydroxylation sites is 1. The number of thiazole rings is 1. The summed E-state index contributed by atoms with van der Waals surface area (Å²) in [7, 11) is 4.72. The number of hydrogen-bond acceptors (Lipinski definition) is 7. The second kappa shape index (κ2) is 9.79. The summed E-state index contributed by atoms with van der Waals surface area (Å²) in [6, 6.07) is 6.81. The normalized spacial score (nSPS) is 19.3. The third kappa shape index (κ3) is 4.40. The Bertz CT molecular complexity index is 1010. The Morgan fingerprint density at radius 3 is 2.66 bits per heavy atom. The molecule has 3 amide bonds. The molecule has 2 aromatic rings. The fourth-order valence-corrected chi connectivity index (χ4v) is 4.92. The van der Waals surface area contributed by atoms with Crippen molar-refractivity contribution in [2.45, 2.75) is 38.1 Å². The van der Waals surface area contributed by atoms with Crippen molar-refractivity contribution in [3.8, 4) is 5.75 Å². The van der Waals surface area contributed by atoms with Gasteiger partial charge < -0.3 is 14.4 Å². The molecule has 0 bridgehead atoms. The van der Waals surface area contributed by atoms with Crippen LogP contribution in [-0.2, 0) is 24.5 Å². The van der Waals surface area contributed by atoms with E-state index in [0.717, 1.165) is 10.7 Å². The van der Waals surface area contributed by atoms with Crippen LogP contribution in [0.25, 0.3) is 0 Å². The number of likely N-dealkylation sites (tertiary alicyclic amines) is 1. The summed E-state index contributed by atoms with van der Waals surface area (Å²) in [4.78, 5) is 47.2. The van der Waals surface area contributed by atoms with Crippen molar-refractivity contribution in [3.63, 3.8) is 0 Å². The van der Waals surface area contributed by atoms with Gasteiger partial charge in [0.2, 0.25) is 17.7 Å². The van der Waals surface area contributed by atoms with Crippen LogP contribution in [0.3, 0.4) is 0 Å². The lowest BCUT2D eigenvalue weighted by Gasteiger charge is -2.31. The number of amides is 3. The molecule has 0 aliphatic carbocycles. The number of imide groups is 1. The van der Waals surface area contributed by atoms with E-state index in [2.05, 4.69) is 4.98 Å². The number of aryl methyl sites for hydroxylation is 1. The molecular formula is C23H29N3O5S. The molecule has 0 N–H and O–H groups in total. The first kappa shape index (κ1) is 23.9. The monoisotopic (exact) mass is 459 g/mol. The van der Waals surface area contributed by atoms with E-state index in [9.17, 15) is 14.4 Å². The van der Waals surface area contributed by atoms with Crippen molar-refractivity contribution >= 4 is 29.1 Å². The Labute approximate surface area is 192 Å². The number of rotatable bonds is 9. The highest BCUT2D eigenvalue weighted by Crippen LogP contribution is 2.44. The zero-order valence-corrected chi connectivity index (χ0v) is 19.9. The largest absolute Gasteiger partial charge is 0.496 e. The van der Waals surface area contributed by atoms with E-state index in [1.54, 1.807) is 36.2 Å². The minimum Gasteiger partial charge on any atom is -0.496 e. The summed E-state index contributed by atoms with van der Waals surface area (Å²) in [5, 5.41) is 2.76. The predicted octanol–water partition coefficient (Wildman–Crippen LogP) is 2.71. The van der Waals surface area contributed by atoms with E-state index >= 15 is 0 Å². The maximum atomic E-state index is 13.6. The Morgan fingerprint density at radius 2 is 2.03 bits per heavy atom. The van der Waals surface area contributed by atoms with E-state index in [1.165, 1.54) is 30.5 Å². The minimum atomic E-state index is -1.33. The lowest BCUT2D eigenvalue weighted by atomic mass is 9.75. The molecule has 0 saturated carbocycles. The zero-order valence-electron chi connectivity index (χ0n) is 19.1. The lowest BCUT2D eigenvalue weighted by Crippen LogP contribution is -2.44. The molecule has 1 fully saturated rings. The van der Waals surface area contributed by atoms with Gasteiger partial charge in [-0.3, -0.25) is 19.3 Å². The van der Waals surface area contributed by atoms with Crippen LogP contribution in [0.1, 0.15) is 42.1 Å². The van der Waals surface area contributed by atoms with Crippen molar-refractivity contribution in [3.05, 3.63) is 45.9 Å². The lowest BCUT2D eigenvalue weighted by molar-refractivity contribution is -0.143. The number of aromatic nitrogens is 1. The van der Waals surface area contributed by atoms with Crippen LogP contribution in [0.2, 0.25) is 0 Å². The van der Waals surface area contributed by atoms with Crippen LogP contribution in [0, 0.1) is 6.92 Å². The van der Waals surface area contributed by atoms with Crippen molar-refractivity contribution in [2.24, 2.45) is 0 Å². The molecule has 0 radical (unpaired) electrons. The van der Waals surface area contributed by atoms with Crippen molar-refractivity contribution < 1.29 is 23.9 Å². The standard InChI is InChI=1S/C23H29N3O5S/c1-15-14-32-21(24-15)16(2)25(3)19(27)12-23(17-8-6-7-9-18(17)31-5)13-20(28)26(22(23)29)10-11-30-4/h6-9,14,16H,10-13H2,1-5H3/t16-,23-/m0/s1. The van der Waals surface area contributed by atoms with Crippen LogP contribution < -0.4 is 4.74 Å². The van der Waals surface area contributed by atoms with Gasteiger partial charge in [0, 0.05) is 43.6 Å². The summed E-state index contributed by atoms with van der Waals surface area (Å²) < 4.78 is 10.6. The molecule has 1 aliphatic rings. The number of methoxy groups -OCH3 is 2. The first-order valence-corrected chi connectivity index (χ1v) is 11.3. The van der Waals surface area contributed by atoms with E-state index < -0.39 is 11.3 Å². The van der Waals surface area contributed by atoms with Crippen molar-refractivity contribution in [1.82, 2.24) is 14.8 Å². The number of hydrogen-bond donors (Lipinski definition) is 0. The topological polar surface area (TPSA) is 89.0 Å². The van der Waals surface area contributed by atoms with Crippen molar-refractivity contribution in [1.29, 1.82) is 0 Å². The van der Waals surface area contributed by atoms with Gasteiger partial charge in [-0.2, -0.15) is 0 Å². The Kier molecular flexibility index (Phi) is 7.30. The number of benzene rings is 1. The fraction of sp³-hybridized carbons (Fsp3) is 0.478. The van der Waals surface area contributed by atoms with Gasteiger partial charge >= 0.3 is 0 Å². The molecule has 0 unspecified atom stereocenters. The molecule has 1 saturated heterocycles. The highest BCUT2D eigenvalue weighted by molar-refractivity contribution is 7.09. The Balaban J connectivity index is 1.97. The van der Waals surface area contributed by atoms with E-state index in [-0.39, 0.29) is 43.8 Å². The number of ether oxygens (including phenoxy) is 2. The molecule has 2 atom stereocenters. The van der Waals surface area contributed by atoms with E-state index in [1.807, 2.05) is 19.2 Å². The summed E-state index contributed by atoms with van der Waals surface area (Å²) >= 11 is 1.49. The summed E-state index contributed by atoms with van der Waals surface area (Å²) in [5.74, 6) is -0.493. The van der Waals surface area contributed by atoms with Gasteiger partial charge in [0.05, 0.1) is 31.7 Å². The number of carbonyl (C=O) groups is 3. The summed E-state index contributed by atoms with van der Waals surface area (Å²) in [6.07, 6.45) is -0.243. The quantitative estimate of drug-likeness (QED) is 0.536. The van der Waals surface area contributed by atoms with Gasteiger partial charge in [-0.1, -0.05) is 18.2 Å². The first-order chi connectivity index (χ1) is 15.2. The third-order valence-electron chi connectivity index (χ3n) is 5.97. The molecule has 172 valence electrons. The Morgan fingerprint density at radius 1 is 1.31 bits per heavy atom. The number of carbonyl (C=O) groups excluding carboxylic acids is 3. The van der Waals surface area contributed by atoms with Gasteiger partial charge in [0.25, 0.3) is 0 Å². The molecule has 8 nitrogen and oxygen atoms in total. The maximum absolute atomic E-state index is 13.6. The zero-order chi connectivity index (χ0) is 23.5. The van der Waals surface area contributed by atoms with Gasteiger partial charge in [0.15, 0.2) is 0 Å². The summed E-state index contributed by atoms with van der Waals surface area (Å²) in [5.41, 5.74) is 0.107. The smallest absolute Gasteiger partial charge is 0.241 e. The molecular weight excluding hydrogens is 430 g/mol. The van der Waals surface area contributed by atoms with Crippen LogP contribution >= 0.6 is 11.3 Å². The van der Waals surface area contributed by atoms with Gasteiger partial charge in [-0.25, -0.2) is 4.98 Å². The van der Waals surface area contributed by atoms with Crippen LogP contribution in [0.5, 0.6) is 5.75 Å². The Hall–Kier alpha value is -2.78. The average Bonchev–Trinajstić information content (AvgIpc) is 3.32. The molecule has 1 aliphatic heterocycles. The minimum absolute atomic E-state index is 0.0970. The summed E-state index contributed by atoms with van der Waals surface area (Å²) in [6.45, 7) is 4.18. The van der Waals surface area contributed by atoms with Crippen LogP contribution in [-0.4, -0.2) is 66.9 Å². The molecule has 1 aromatic carbocycles. The van der Waals surface area contributed by atoms with Gasteiger partial charge in [-0.15, -0.1) is 11.3 Å². The highest BCUT2D eigenvalue weighted by Gasteiger charge is 2.55. The third-order valence-corrected chi connectivity index (χ3v) is 7.10.